The highest BCUT2D eigenvalue weighted by Gasteiger charge is 2.42. The smallest absolute Gasteiger partial charge is 0.351 e. The highest BCUT2D eigenvalue weighted by atomic mass is 19.4. The SMILES string of the molecule is Cc1nc2c(c(N3Cc4cc(C(F)(F)F)cnc4C(C4Cc5nc(C6CC6)nc(N6CCc7ncc(C(F)(F)F)cc7C6)c5C4)C3)n1)CCC2. The van der Waals surface area contributed by atoms with Crippen molar-refractivity contribution in [3.05, 3.63) is 92.3 Å². The van der Waals surface area contributed by atoms with Crippen molar-refractivity contribution in [2.45, 2.75) is 95.6 Å². The molecule has 14 heteroatoms. The van der Waals surface area contributed by atoms with Crippen molar-refractivity contribution in [2.75, 3.05) is 22.9 Å². The fourth-order valence-electron chi connectivity index (χ4n) is 8.39. The van der Waals surface area contributed by atoms with Crippen LogP contribution in [-0.2, 0) is 57.5 Å². The summed E-state index contributed by atoms with van der Waals surface area (Å²) in [6, 6.07) is 2.43. The minimum atomic E-state index is -4.52. The summed E-state index contributed by atoms with van der Waals surface area (Å²) in [5, 5.41) is 0. The lowest BCUT2D eigenvalue weighted by molar-refractivity contribution is -0.138. The largest absolute Gasteiger partial charge is 0.417 e. The van der Waals surface area contributed by atoms with E-state index in [0.29, 0.717) is 60.7 Å². The van der Waals surface area contributed by atoms with E-state index in [1.54, 1.807) is 0 Å². The van der Waals surface area contributed by atoms with Crippen LogP contribution in [0.15, 0.2) is 24.5 Å². The first kappa shape index (κ1) is 31.6. The van der Waals surface area contributed by atoms with E-state index in [4.69, 9.17) is 15.0 Å². The Bertz CT molecular complexity index is 2020. The number of alkyl halides is 6. The number of rotatable bonds is 4. The number of hydrogen-bond donors (Lipinski definition) is 0. The fraction of sp³-hybridized carbons (Fsp3) is 0.500. The quantitative estimate of drug-likeness (QED) is 0.215. The highest BCUT2D eigenvalue weighted by molar-refractivity contribution is 5.56. The predicted molar refractivity (Wildman–Crippen MR) is 171 cm³/mol. The molecule has 0 amide bonds. The van der Waals surface area contributed by atoms with Gasteiger partial charge < -0.3 is 9.80 Å². The molecule has 50 heavy (non-hydrogen) atoms. The lowest BCUT2D eigenvalue weighted by Gasteiger charge is -2.38. The van der Waals surface area contributed by atoms with Crippen LogP contribution in [0, 0.1) is 12.8 Å². The first-order valence-corrected chi connectivity index (χ1v) is 17.3. The van der Waals surface area contributed by atoms with E-state index in [1.807, 2.05) is 6.92 Å². The minimum absolute atomic E-state index is 0.0233. The Morgan fingerprint density at radius 1 is 0.700 bits per heavy atom. The molecule has 2 aliphatic heterocycles. The molecule has 0 spiro atoms. The van der Waals surface area contributed by atoms with Crippen molar-refractivity contribution in [3.8, 4) is 0 Å². The first-order valence-electron chi connectivity index (χ1n) is 17.3. The molecule has 6 heterocycles. The van der Waals surface area contributed by atoms with E-state index in [9.17, 15) is 26.3 Å². The summed E-state index contributed by atoms with van der Waals surface area (Å²) < 4.78 is 82.6. The summed E-state index contributed by atoms with van der Waals surface area (Å²) in [5.74, 6) is 2.98. The Hall–Kier alpha value is -4.36. The second-order valence-electron chi connectivity index (χ2n) is 14.4. The minimum Gasteiger partial charge on any atom is -0.351 e. The van der Waals surface area contributed by atoms with Crippen molar-refractivity contribution >= 4 is 11.6 Å². The summed E-state index contributed by atoms with van der Waals surface area (Å²) in [6.45, 7) is 3.47. The van der Waals surface area contributed by atoms with Crippen molar-refractivity contribution in [2.24, 2.45) is 5.92 Å². The molecule has 1 fully saturated rings. The normalized spacial score (nSPS) is 21.6. The summed E-state index contributed by atoms with van der Waals surface area (Å²) >= 11 is 0. The number of aryl methyl sites for hydroxylation is 2. The third-order valence-corrected chi connectivity index (χ3v) is 11.0. The molecule has 5 aliphatic rings. The molecular formula is C36H34F6N8. The molecule has 4 aromatic heterocycles. The number of anilines is 2. The first-order chi connectivity index (χ1) is 23.9. The molecule has 3 aliphatic carbocycles. The maximum absolute atomic E-state index is 13.9. The zero-order valence-electron chi connectivity index (χ0n) is 27.4. The van der Waals surface area contributed by atoms with Gasteiger partial charge in [-0.15, -0.1) is 0 Å². The molecule has 0 saturated heterocycles. The zero-order valence-corrected chi connectivity index (χ0v) is 27.4. The molecule has 9 rings (SSSR count). The zero-order chi connectivity index (χ0) is 34.5. The van der Waals surface area contributed by atoms with Gasteiger partial charge in [0.2, 0.25) is 0 Å². The second-order valence-corrected chi connectivity index (χ2v) is 14.4. The fourth-order valence-corrected chi connectivity index (χ4v) is 8.39. The highest BCUT2D eigenvalue weighted by Crippen LogP contribution is 2.47. The number of hydrogen-bond acceptors (Lipinski definition) is 8. The Morgan fingerprint density at radius 2 is 1.42 bits per heavy atom. The third-order valence-electron chi connectivity index (χ3n) is 11.0. The van der Waals surface area contributed by atoms with E-state index < -0.39 is 23.5 Å². The molecule has 0 aromatic carbocycles. The molecule has 2 unspecified atom stereocenters. The molecule has 2 atom stereocenters. The van der Waals surface area contributed by atoms with Crippen LogP contribution in [0.3, 0.4) is 0 Å². The maximum atomic E-state index is 13.9. The van der Waals surface area contributed by atoms with Gasteiger partial charge in [0.05, 0.1) is 16.8 Å². The molecule has 0 radical (unpaired) electrons. The van der Waals surface area contributed by atoms with Crippen molar-refractivity contribution in [1.82, 2.24) is 29.9 Å². The molecule has 0 bridgehead atoms. The lowest BCUT2D eigenvalue weighted by atomic mass is 9.82. The second kappa shape index (κ2) is 11.3. The molecular weight excluding hydrogens is 658 g/mol. The van der Waals surface area contributed by atoms with E-state index in [0.717, 1.165) is 84.5 Å². The van der Waals surface area contributed by atoms with Crippen LogP contribution in [-0.4, -0.2) is 43.0 Å². The van der Waals surface area contributed by atoms with Gasteiger partial charge in [0, 0.05) is 85.0 Å². The predicted octanol–water partition coefficient (Wildman–Crippen LogP) is 6.85. The maximum Gasteiger partial charge on any atom is 0.417 e. The van der Waals surface area contributed by atoms with Gasteiger partial charge >= 0.3 is 12.4 Å². The van der Waals surface area contributed by atoms with Gasteiger partial charge in [0.15, 0.2) is 0 Å². The number of nitrogens with zero attached hydrogens (tertiary/aromatic N) is 8. The summed E-state index contributed by atoms with van der Waals surface area (Å²) in [5.41, 5.74) is 4.84. The molecule has 0 N–H and O–H groups in total. The standard InChI is InChI=1S/C36H34F6N8/c1-18-45-29-4-2-3-25(29)33(46-18)50-16-22-10-24(36(40,41)42)14-44-31(22)27(17-50)20-11-26-30(12-20)47-32(19-5-6-19)48-34(26)49-8-7-28-21(15-49)9-23(13-43-28)35(37,38)39/h9-10,13-14,19-20,27H,2-8,11-12,15-17H2,1H3. The van der Waals surface area contributed by atoms with Crippen molar-refractivity contribution < 1.29 is 26.3 Å². The van der Waals surface area contributed by atoms with Gasteiger partial charge in [-0.2, -0.15) is 26.3 Å². The van der Waals surface area contributed by atoms with Crippen molar-refractivity contribution in [3.63, 3.8) is 0 Å². The third kappa shape index (κ3) is 5.54. The monoisotopic (exact) mass is 692 g/mol. The summed E-state index contributed by atoms with van der Waals surface area (Å²) in [7, 11) is 0. The Kier molecular flexibility index (Phi) is 7.16. The molecule has 260 valence electrons. The van der Waals surface area contributed by atoms with Gasteiger partial charge in [-0.3, -0.25) is 9.97 Å². The van der Waals surface area contributed by atoms with Crippen LogP contribution in [0.4, 0.5) is 38.0 Å². The van der Waals surface area contributed by atoms with E-state index >= 15 is 0 Å². The van der Waals surface area contributed by atoms with E-state index in [1.165, 1.54) is 12.1 Å². The van der Waals surface area contributed by atoms with Gasteiger partial charge in [-0.05, 0) is 81.0 Å². The van der Waals surface area contributed by atoms with Gasteiger partial charge in [0.1, 0.15) is 23.3 Å². The van der Waals surface area contributed by atoms with Crippen LogP contribution in [0.25, 0.3) is 0 Å². The summed E-state index contributed by atoms with van der Waals surface area (Å²) in [6.07, 6.45) is -0.851. The lowest BCUT2D eigenvalue weighted by Crippen LogP contribution is -2.39. The molecule has 1 saturated carbocycles. The Balaban J connectivity index is 1.09. The van der Waals surface area contributed by atoms with Crippen LogP contribution in [0.1, 0.15) is 98.9 Å². The number of halogens is 6. The van der Waals surface area contributed by atoms with Gasteiger partial charge in [-0.25, -0.2) is 19.9 Å². The molecule has 8 nitrogen and oxygen atoms in total. The average Bonchev–Trinajstić information content (AvgIpc) is 3.67. The number of pyridine rings is 2. The van der Waals surface area contributed by atoms with E-state index in [2.05, 4.69) is 24.8 Å². The number of fused-ring (bicyclic) bond motifs is 4. The van der Waals surface area contributed by atoms with Crippen molar-refractivity contribution in [1.29, 1.82) is 0 Å². The Labute approximate surface area is 284 Å². The van der Waals surface area contributed by atoms with Crippen LogP contribution >= 0.6 is 0 Å². The van der Waals surface area contributed by atoms with Crippen LogP contribution in [0.5, 0.6) is 0 Å². The Morgan fingerprint density at radius 3 is 2.18 bits per heavy atom. The molecule has 4 aromatic rings. The van der Waals surface area contributed by atoms with Gasteiger partial charge in [-0.1, -0.05) is 0 Å². The topological polar surface area (TPSA) is 83.8 Å². The summed E-state index contributed by atoms with van der Waals surface area (Å²) in [4.78, 5) is 32.4. The van der Waals surface area contributed by atoms with Crippen LogP contribution in [0.2, 0.25) is 0 Å². The van der Waals surface area contributed by atoms with Gasteiger partial charge in [0.25, 0.3) is 0 Å². The number of aromatic nitrogens is 6. The van der Waals surface area contributed by atoms with E-state index in [-0.39, 0.29) is 30.8 Å². The average molecular weight is 693 g/mol. The van der Waals surface area contributed by atoms with Crippen LogP contribution < -0.4 is 9.80 Å².